The largest absolute Gasteiger partial charge is 0.478 e. The summed E-state index contributed by atoms with van der Waals surface area (Å²) in [6.45, 7) is 3.46. The number of hydrogen-bond donors (Lipinski definition) is 1. The molecular formula is C10H8ClFO2S. The topological polar surface area (TPSA) is 37.3 Å². The van der Waals surface area contributed by atoms with E-state index >= 15 is 0 Å². The van der Waals surface area contributed by atoms with Crippen molar-refractivity contribution in [1.29, 1.82) is 0 Å². The minimum Gasteiger partial charge on any atom is -0.478 e. The smallest absolute Gasteiger partial charge is 0.335 e. The Bertz CT molecular complexity index is 406. The Kier molecular flexibility index (Phi) is 4.17. The Labute approximate surface area is 95.7 Å². The summed E-state index contributed by atoms with van der Waals surface area (Å²) in [6.07, 6.45) is 0. The van der Waals surface area contributed by atoms with Crippen LogP contribution in [0, 0.1) is 5.82 Å². The summed E-state index contributed by atoms with van der Waals surface area (Å²) in [5.41, 5.74) is 0.0547. The van der Waals surface area contributed by atoms with Crippen LogP contribution in [0.2, 0.25) is 0 Å². The lowest BCUT2D eigenvalue weighted by Gasteiger charge is -2.03. The number of aromatic carboxylic acids is 1. The second-order valence-corrected chi connectivity index (χ2v) is 4.31. The van der Waals surface area contributed by atoms with Crippen molar-refractivity contribution in [2.45, 2.75) is 4.90 Å². The van der Waals surface area contributed by atoms with Crippen LogP contribution in [0.5, 0.6) is 0 Å². The molecule has 80 valence electrons. The Morgan fingerprint density at radius 2 is 2.27 bits per heavy atom. The van der Waals surface area contributed by atoms with Crippen LogP contribution in [-0.4, -0.2) is 16.8 Å². The van der Waals surface area contributed by atoms with Crippen LogP contribution in [0.15, 0.2) is 34.7 Å². The van der Waals surface area contributed by atoms with E-state index in [0.29, 0.717) is 10.8 Å². The van der Waals surface area contributed by atoms with Gasteiger partial charge in [-0.15, -0.1) is 11.8 Å². The van der Waals surface area contributed by atoms with Crippen LogP contribution in [-0.2, 0) is 0 Å². The molecule has 0 spiro atoms. The molecule has 0 aliphatic rings. The number of halogens is 2. The van der Waals surface area contributed by atoms with Crippen molar-refractivity contribution in [2.75, 3.05) is 5.75 Å². The third-order valence-electron chi connectivity index (χ3n) is 1.56. The average Bonchev–Trinajstić information content (AvgIpc) is 2.16. The monoisotopic (exact) mass is 246 g/mol. The zero-order chi connectivity index (χ0) is 11.4. The first kappa shape index (κ1) is 12.1. The lowest BCUT2D eigenvalue weighted by atomic mass is 10.2. The highest BCUT2D eigenvalue weighted by molar-refractivity contribution is 7.99. The van der Waals surface area contributed by atoms with E-state index in [4.69, 9.17) is 16.7 Å². The number of carboxylic acids is 1. The van der Waals surface area contributed by atoms with Gasteiger partial charge in [0, 0.05) is 15.7 Å². The van der Waals surface area contributed by atoms with Gasteiger partial charge in [-0.2, -0.15) is 0 Å². The van der Waals surface area contributed by atoms with Crippen molar-refractivity contribution in [2.24, 2.45) is 0 Å². The molecule has 0 aliphatic carbocycles. The van der Waals surface area contributed by atoms with Gasteiger partial charge in [0.05, 0.1) is 5.56 Å². The highest BCUT2D eigenvalue weighted by Crippen LogP contribution is 2.25. The van der Waals surface area contributed by atoms with E-state index in [9.17, 15) is 9.18 Å². The summed E-state index contributed by atoms with van der Waals surface area (Å²) in [7, 11) is 0. The van der Waals surface area contributed by atoms with Crippen molar-refractivity contribution in [3.63, 3.8) is 0 Å². The predicted molar refractivity (Wildman–Crippen MR) is 59.1 cm³/mol. The quantitative estimate of drug-likeness (QED) is 0.828. The molecule has 0 aromatic heterocycles. The molecule has 0 amide bonds. The van der Waals surface area contributed by atoms with Crippen LogP contribution in [0.1, 0.15) is 10.4 Å². The number of carbonyl (C=O) groups is 1. The van der Waals surface area contributed by atoms with E-state index in [2.05, 4.69) is 6.58 Å². The van der Waals surface area contributed by atoms with E-state index in [1.165, 1.54) is 12.1 Å². The summed E-state index contributed by atoms with van der Waals surface area (Å²) in [6, 6.07) is 3.63. The fourth-order valence-corrected chi connectivity index (χ4v) is 1.80. The maximum absolute atomic E-state index is 13.2. The number of carboxylic acid groups (broad SMARTS) is 1. The van der Waals surface area contributed by atoms with Gasteiger partial charge in [0.1, 0.15) is 5.82 Å². The minimum absolute atomic E-state index is 0.0547. The van der Waals surface area contributed by atoms with E-state index < -0.39 is 11.8 Å². The summed E-state index contributed by atoms with van der Waals surface area (Å²) in [5.74, 6) is -1.19. The van der Waals surface area contributed by atoms with Gasteiger partial charge < -0.3 is 5.11 Å². The number of rotatable bonds is 4. The molecule has 0 aliphatic heterocycles. The second-order valence-electron chi connectivity index (χ2n) is 2.76. The van der Waals surface area contributed by atoms with Crippen LogP contribution < -0.4 is 0 Å². The van der Waals surface area contributed by atoms with Crippen molar-refractivity contribution in [3.8, 4) is 0 Å². The van der Waals surface area contributed by atoms with Crippen molar-refractivity contribution >= 4 is 29.3 Å². The summed E-state index contributed by atoms with van der Waals surface area (Å²) < 4.78 is 13.2. The molecule has 5 heteroatoms. The first-order chi connectivity index (χ1) is 7.00. The molecule has 0 saturated carbocycles. The fourth-order valence-electron chi connectivity index (χ4n) is 0.903. The van der Waals surface area contributed by atoms with Crippen molar-refractivity contribution in [1.82, 2.24) is 0 Å². The average molecular weight is 247 g/mol. The summed E-state index contributed by atoms with van der Waals surface area (Å²) >= 11 is 6.65. The Hall–Kier alpha value is -1.00. The van der Waals surface area contributed by atoms with Gasteiger partial charge in [0.25, 0.3) is 0 Å². The zero-order valence-electron chi connectivity index (χ0n) is 7.67. The van der Waals surface area contributed by atoms with Crippen LogP contribution in [0.4, 0.5) is 4.39 Å². The lowest BCUT2D eigenvalue weighted by Crippen LogP contribution is -1.97. The summed E-state index contributed by atoms with van der Waals surface area (Å²) in [4.78, 5) is 10.9. The molecule has 2 nitrogen and oxygen atoms in total. The van der Waals surface area contributed by atoms with Crippen LogP contribution in [0.25, 0.3) is 0 Å². The third-order valence-corrected chi connectivity index (χ3v) is 2.97. The van der Waals surface area contributed by atoms with E-state index in [1.54, 1.807) is 0 Å². The van der Waals surface area contributed by atoms with Gasteiger partial charge in [-0.3, -0.25) is 0 Å². The molecule has 0 fully saturated rings. The molecule has 1 aromatic rings. The van der Waals surface area contributed by atoms with Gasteiger partial charge in [0.2, 0.25) is 0 Å². The second kappa shape index (κ2) is 5.19. The van der Waals surface area contributed by atoms with Gasteiger partial charge in [0.15, 0.2) is 0 Å². The number of thioether (sulfide) groups is 1. The van der Waals surface area contributed by atoms with Crippen LogP contribution >= 0.6 is 23.4 Å². The van der Waals surface area contributed by atoms with Gasteiger partial charge >= 0.3 is 5.97 Å². The Morgan fingerprint density at radius 3 is 2.80 bits per heavy atom. The van der Waals surface area contributed by atoms with Crippen LogP contribution in [0.3, 0.4) is 0 Å². The molecule has 1 N–H and O–H groups in total. The molecule has 0 atom stereocenters. The molecule has 15 heavy (non-hydrogen) atoms. The van der Waals surface area contributed by atoms with E-state index in [1.807, 2.05) is 0 Å². The lowest BCUT2D eigenvalue weighted by molar-refractivity contribution is 0.0696. The predicted octanol–water partition coefficient (Wildman–Crippen LogP) is 3.37. The molecule has 0 bridgehead atoms. The molecule has 0 heterocycles. The fraction of sp³-hybridized carbons (Fsp3) is 0.100. The highest BCUT2D eigenvalue weighted by Gasteiger charge is 2.08. The molecule has 0 unspecified atom stereocenters. The van der Waals surface area contributed by atoms with Crippen molar-refractivity contribution in [3.05, 3.63) is 41.2 Å². The Morgan fingerprint density at radius 1 is 1.60 bits per heavy atom. The minimum atomic E-state index is -1.08. The zero-order valence-corrected chi connectivity index (χ0v) is 9.24. The number of benzene rings is 1. The van der Waals surface area contributed by atoms with Gasteiger partial charge in [-0.05, 0) is 18.2 Å². The van der Waals surface area contributed by atoms with E-state index in [-0.39, 0.29) is 10.5 Å². The molecule has 0 radical (unpaired) electrons. The van der Waals surface area contributed by atoms with Gasteiger partial charge in [-0.25, -0.2) is 9.18 Å². The standard InChI is InChI=1S/C10H8ClFO2S/c1-6(11)5-15-9-4-7(10(13)14)2-3-8(9)12/h2-4H,1,5H2,(H,13,14). The third kappa shape index (κ3) is 3.57. The molecular weight excluding hydrogens is 239 g/mol. The maximum atomic E-state index is 13.2. The SMILES string of the molecule is C=C(Cl)CSc1cc(C(=O)O)ccc1F. The highest BCUT2D eigenvalue weighted by atomic mass is 35.5. The van der Waals surface area contributed by atoms with E-state index in [0.717, 1.165) is 17.8 Å². The van der Waals surface area contributed by atoms with Gasteiger partial charge in [-0.1, -0.05) is 18.2 Å². The molecule has 0 saturated heterocycles. The maximum Gasteiger partial charge on any atom is 0.335 e. The normalized spacial score (nSPS) is 10.0. The summed E-state index contributed by atoms with van der Waals surface area (Å²) in [5, 5.41) is 9.09. The van der Waals surface area contributed by atoms with Crippen molar-refractivity contribution < 1.29 is 14.3 Å². The first-order valence-corrected chi connectivity index (χ1v) is 5.36. The number of hydrogen-bond acceptors (Lipinski definition) is 2. The first-order valence-electron chi connectivity index (χ1n) is 3.99. The Balaban J connectivity index is 2.90. The molecule has 1 aromatic carbocycles. The molecule has 1 rings (SSSR count).